The number of primary amides is 1. The van der Waals surface area contributed by atoms with E-state index in [1.54, 1.807) is 4.90 Å². The van der Waals surface area contributed by atoms with Gasteiger partial charge in [0, 0.05) is 18.0 Å². The quantitative estimate of drug-likeness (QED) is 0.887. The summed E-state index contributed by atoms with van der Waals surface area (Å²) in [6, 6.07) is 7.54. The number of hydrogen-bond donors (Lipinski definition) is 1. The molecule has 1 aromatic carbocycles. The summed E-state index contributed by atoms with van der Waals surface area (Å²) in [5.74, 6) is -0.466. The topological polar surface area (TPSA) is 80.5 Å². The van der Waals surface area contributed by atoms with Crippen LogP contribution < -0.4 is 5.73 Å². The van der Waals surface area contributed by atoms with Crippen LogP contribution in [0.2, 0.25) is 0 Å². The third-order valence-electron chi connectivity index (χ3n) is 4.24. The summed E-state index contributed by atoms with van der Waals surface area (Å²) in [5.41, 5.74) is 6.50. The monoisotopic (exact) mass is 336 g/mol. The van der Waals surface area contributed by atoms with E-state index in [2.05, 4.69) is 13.8 Å². The Hall–Kier alpha value is -1.69. The highest BCUT2D eigenvalue weighted by molar-refractivity contribution is 7.85. The lowest BCUT2D eigenvalue weighted by Crippen LogP contribution is -2.45. The van der Waals surface area contributed by atoms with Crippen LogP contribution in [-0.4, -0.2) is 39.8 Å². The molecule has 1 saturated heterocycles. The largest absolute Gasteiger partial charge is 0.369 e. The van der Waals surface area contributed by atoms with Crippen LogP contribution in [-0.2, 0) is 20.4 Å². The molecule has 0 bridgehead atoms. The van der Waals surface area contributed by atoms with E-state index in [1.165, 1.54) is 5.56 Å². The Kier molecular flexibility index (Phi) is 5.93. The Morgan fingerprint density at radius 3 is 2.52 bits per heavy atom. The molecular formula is C17H24N2O3S. The molecular weight excluding hydrogens is 312 g/mol. The molecule has 0 spiro atoms. The number of amides is 2. The molecule has 0 radical (unpaired) electrons. The number of carbonyl (C=O) groups excluding carboxylic acids is 2. The number of hydrogen-bond acceptors (Lipinski definition) is 3. The maximum atomic E-state index is 12.4. The van der Waals surface area contributed by atoms with Crippen LogP contribution in [0.1, 0.15) is 38.2 Å². The average molecular weight is 336 g/mol. The van der Waals surface area contributed by atoms with Crippen molar-refractivity contribution >= 4 is 22.6 Å². The Labute approximate surface area is 139 Å². The standard InChI is InChI=1S/C17H24N2O3S/c1-12(2)13-5-7-15(8-6-13)23(22)11-16(20)19-9-3-4-14(10-19)17(18)21/h5-8,12,14H,3-4,9-11H2,1-2H3,(H2,18,21)/t14-,23-/m1/s1. The lowest BCUT2D eigenvalue weighted by atomic mass is 9.97. The maximum absolute atomic E-state index is 12.4. The van der Waals surface area contributed by atoms with Crippen molar-refractivity contribution < 1.29 is 13.8 Å². The van der Waals surface area contributed by atoms with Crippen molar-refractivity contribution in [1.82, 2.24) is 4.90 Å². The van der Waals surface area contributed by atoms with E-state index < -0.39 is 10.8 Å². The first-order valence-corrected chi connectivity index (χ1v) is 9.25. The smallest absolute Gasteiger partial charge is 0.235 e. The highest BCUT2D eigenvalue weighted by Gasteiger charge is 2.27. The Balaban J connectivity index is 1.96. The van der Waals surface area contributed by atoms with Crippen LogP contribution in [0.25, 0.3) is 0 Å². The molecule has 0 saturated carbocycles. The van der Waals surface area contributed by atoms with Gasteiger partial charge in [0.05, 0.1) is 16.7 Å². The van der Waals surface area contributed by atoms with Gasteiger partial charge in [-0.15, -0.1) is 0 Å². The SMILES string of the molecule is CC(C)c1ccc([S@](=O)CC(=O)N2CCC[C@@H](C(N)=O)C2)cc1. The second-order valence-corrected chi connectivity index (χ2v) is 7.75. The summed E-state index contributed by atoms with van der Waals surface area (Å²) < 4.78 is 12.4. The minimum Gasteiger partial charge on any atom is -0.369 e. The molecule has 1 fully saturated rings. The minimum atomic E-state index is -1.37. The summed E-state index contributed by atoms with van der Waals surface area (Å²) in [4.78, 5) is 25.9. The third kappa shape index (κ3) is 4.64. The van der Waals surface area contributed by atoms with E-state index >= 15 is 0 Å². The fourth-order valence-electron chi connectivity index (χ4n) is 2.73. The summed E-state index contributed by atoms with van der Waals surface area (Å²) in [5, 5.41) is 0. The molecule has 0 aliphatic carbocycles. The highest BCUT2D eigenvalue weighted by atomic mass is 32.2. The normalized spacial score (nSPS) is 19.6. The van der Waals surface area contributed by atoms with Gasteiger partial charge in [0.2, 0.25) is 11.8 Å². The molecule has 2 atom stereocenters. The van der Waals surface area contributed by atoms with Gasteiger partial charge in [0.15, 0.2) is 0 Å². The summed E-state index contributed by atoms with van der Waals surface area (Å²) >= 11 is 0. The number of nitrogens with zero attached hydrogens (tertiary/aromatic N) is 1. The molecule has 1 aliphatic heterocycles. The summed E-state index contributed by atoms with van der Waals surface area (Å²) in [7, 11) is -1.37. The molecule has 2 N–H and O–H groups in total. The minimum absolute atomic E-state index is 0.0491. The molecule has 5 nitrogen and oxygen atoms in total. The molecule has 1 heterocycles. The molecule has 23 heavy (non-hydrogen) atoms. The predicted molar refractivity (Wildman–Crippen MR) is 90.3 cm³/mol. The predicted octanol–water partition coefficient (Wildman–Crippen LogP) is 1.64. The number of piperidine rings is 1. The van der Waals surface area contributed by atoms with E-state index in [4.69, 9.17) is 5.73 Å². The van der Waals surface area contributed by atoms with Gasteiger partial charge in [-0.3, -0.25) is 13.8 Å². The zero-order valence-corrected chi connectivity index (χ0v) is 14.5. The van der Waals surface area contributed by atoms with Crippen molar-refractivity contribution in [1.29, 1.82) is 0 Å². The van der Waals surface area contributed by atoms with Crippen LogP contribution in [0, 0.1) is 5.92 Å². The van der Waals surface area contributed by atoms with Crippen molar-refractivity contribution in [2.75, 3.05) is 18.8 Å². The Bertz CT molecular complexity index is 598. The van der Waals surface area contributed by atoms with Gasteiger partial charge in [-0.2, -0.15) is 0 Å². The van der Waals surface area contributed by atoms with Crippen LogP contribution in [0.4, 0.5) is 0 Å². The number of likely N-dealkylation sites (tertiary alicyclic amines) is 1. The summed E-state index contributed by atoms with van der Waals surface area (Å²) in [6.45, 7) is 5.14. The van der Waals surface area contributed by atoms with Gasteiger partial charge in [0.1, 0.15) is 5.75 Å². The Morgan fingerprint density at radius 2 is 1.96 bits per heavy atom. The second kappa shape index (κ2) is 7.73. The van der Waals surface area contributed by atoms with Crippen molar-refractivity contribution in [3.63, 3.8) is 0 Å². The zero-order valence-electron chi connectivity index (χ0n) is 13.7. The van der Waals surface area contributed by atoms with E-state index in [9.17, 15) is 13.8 Å². The maximum Gasteiger partial charge on any atom is 0.235 e. The number of rotatable bonds is 5. The number of nitrogens with two attached hydrogens (primary N) is 1. The molecule has 0 unspecified atom stereocenters. The van der Waals surface area contributed by atoms with Gasteiger partial charge in [-0.05, 0) is 36.5 Å². The van der Waals surface area contributed by atoms with E-state index in [0.717, 1.165) is 12.8 Å². The molecule has 2 rings (SSSR count). The van der Waals surface area contributed by atoms with Gasteiger partial charge >= 0.3 is 0 Å². The first-order chi connectivity index (χ1) is 10.9. The lowest BCUT2D eigenvalue weighted by molar-refractivity contribution is -0.132. The molecule has 1 aromatic rings. The van der Waals surface area contributed by atoms with Crippen molar-refractivity contribution in [2.45, 2.75) is 37.5 Å². The average Bonchev–Trinajstić information content (AvgIpc) is 2.54. The van der Waals surface area contributed by atoms with Crippen LogP contribution in [0.5, 0.6) is 0 Å². The van der Waals surface area contributed by atoms with Crippen molar-refractivity contribution in [3.8, 4) is 0 Å². The molecule has 2 amide bonds. The molecule has 6 heteroatoms. The van der Waals surface area contributed by atoms with Gasteiger partial charge in [0.25, 0.3) is 0 Å². The van der Waals surface area contributed by atoms with Gasteiger partial charge < -0.3 is 10.6 Å². The first kappa shape index (κ1) is 17.7. The molecule has 1 aliphatic rings. The number of carbonyl (C=O) groups is 2. The molecule has 0 aromatic heterocycles. The van der Waals surface area contributed by atoms with E-state index in [0.29, 0.717) is 23.9 Å². The van der Waals surface area contributed by atoms with Crippen molar-refractivity contribution in [3.05, 3.63) is 29.8 Å². The Morgan fingerprint density at radius 1 is 1.30 bits per heavy atom. The fraction of sp³-hybridized carbons (Fsp3) is 0.529. The highest BCUT2D eigenvalue weighted by Crippen LogP contribution is 2.19. The fourth-order valence-corrected chi connectivity index (χ4v) is 3.74. The first-order valence-electron chi connectivity index (χ1n) is 7.94. The van der Waals surface area contributed by atoms with Gasteiger partial charge in [-0.25, -0.2) is 0 Å². The third-order valence-corrected chi connectivity index (χ3v) is 5.55. The van der Waals surface area contributed by atoms with Crippen LogP contribution in [0.3, 0.4) is 0 Å². The van der Waals surface area contributed by atoms with Crippen molar-refractivity contribution in [2.24, 2.45) is 11.7 Å². The van der Waals surface area contributed by atoms with Crippen LogP contribution in [0.15, 0.2) is 29.2 Å². The second-order valence-electron chi connectivity index (χ2n) is 6.29. The van der Waals surface area contributed by atoms with Crippen LogP contribution >= 0.6 is 0 Å². The molecule has 126 valence electrons. The lowest BCUT2D eigenvalue weighted by Gasteiger charge is -2.31. The van der Waals surface area contributed by atoms with E-state index in [1.807, 2.05) is 24.3 Å². The van der Waals surface area contributed by atoms with E-state index in [-0.39, 0.29) is 23.5 Å². The zero-order chi connectivity index (χ0) is 17.0. The summed E-state index contributed by atoms with van der Waals surface area (Å²) in [6.07, 6.45) is 1.48. The van der Waals surface area contributed by atoms with Gasteiger partial charge in [-0.1, -0.05) is 26.0 Å². The number of benzene rings is 1.